The second kappa shape index (κ2) is 9.64. The van der Waals surface area contributed by atoms with Gasteiger partial charge in [-0.15, -0.1) is 13.2 Å². The number of hydrogen-bond acceptors (Lipinski definition) is 4. The summed E-state index contributed by atoms with van der Waals surface area (Å²) in [5.74, 6) is -1.16. The van der Waals surface area contributed by atoms with Crippen molar-refractivity contribution >= 4 is 27.7 Å². The van der Waals surface area contributed by atoms with Crippen LogP contribution in [0.4, 0.5) is 18.9 Å². The zero-order valence-electron chi connectivity index (χ0n) is 18.1. The summed E-state index contributed by atoms with van der Waals surface area (Å²) in [7, 11) is -3.81. The Morgan fingerprint density at radius 2 is 1.69 bits per heavy atom. The molecule has 0 saturated heterocycles. The fourth-order valence-electron chi connectivity index (χ4n) is 2.68. The number of halogens is 3. The smallest absolute Gasteiger partial charge is 0.404 e. The summed E-state index contributed by atoms with van der Waals surface area (Å²) in [5.41, 5.74) is 1.92. The van der Waals surface area contributed by atoms with Gasteiger partial charge in [0.05, 0.1) is 11.9 Å². The van der Waals surface area contributed by atoms with Crippen molar-refractivity contribution in [3.05, 3.63) is 65.2 Å². The topological polar surface area (TPSA) is 84.5 Å². The van der Waals surface area contributed by atoms with Crippen molar-refractivity contribution in [3.63, 3.8) is 0 Å². The number of carbonyl (C=O) groups is 1. The first-order valence-corrected chi connectivity index (χ1v) is 11.4. The van der Waals surface area contributed by atoms with Crippen LogP contribution >= 0.6 is 0 Å². The van der Waals surface area contributed by atoms with Gasteiger partial charge in [0.25, 0.3) is 0 Å². The normalized spacial score (nSPS) is 12.6. The van der Waals surface area contributed by atoms with Crippen LogP contribution in [0.2, 0.25) is 0 Å². The van der Waals surface area contributed by atoms with E-state index in [9.17, 15) is 26.4 Å². The lowest BCUT2D eigenvalue weighted by atomic mass is 9.87. The van der Waals surface area contributed by atoms with E-state index in [1.807, 2.05) is 29.0 Å². The highest BCUT2D eigenvalue weighted by Crippen LogP contribution is 2.32. The minimum absolute atomic E-state index is 0.0146. The molecule has 0 aliphatic carbocycles. The fourth-order valence-corrected chi connectivity index (χ4v) is 3.25. The summed E-state index contributed by atoms with van der Waals surface area (Å²) in [5, 5.41) is 2.56. The van der Waals surface area contributed by atoms with Crippen molar-refractivity contribution in [1.82, 2.24) is 5.32 Å². The average Bonchev–Trinajstić information content (AvgIpc) is 2.64. The molecule has 0 spiro atoms. The molecule has 0 bridgehead atoms. The number of ether oxygens (including phenoxy) is 1. The number of carbonyl (C=O) groups excluding carboxylic acids is 1. The first kappa shape index (κ1) is 25.3. The lowest BCUT2D eigenvalue weighted by molar-refractivity contribution is -0.274. The molecule has 0 atom stereocenters. The Morgan fingerprint density at radius 3 is 2.22 bits per heavy atom. The molecule has 0 aromatic heterocycles. The highest BCUT2D eigenvalue weighted by atomic mass is 32.2. The van der Waals surface area contributed by atoms with E-state index in [0.29, 0.717) is 5.56 Å². The van der Waals surface area contributed by atoms with E-state index < -0.39 is 28.0 Å². The highest BCUT2D eigenvalue weighted by molar-refractivity contribution is 7.92. The number of anilines is 1. The van der Waals surface area contributed by atoms with Gasteiger partial charge in [0, 0.05) is 12.6 Å². The number of alkyl halides is 3. The molecule has 2 N–H and O–H groups in total. The summed E-state index contributed by atoms with van der Waals surface area (Å²) >= 11 is 0. The lowest BCUT2D eigenvalue weighted by Crippen LogP contribution is -2.21. The van der Waals surface area contributed by atoms with Gasteiger partial charge in [-0.3, -0.25) is 9.52 Å². The number of benzene rings is 2. The molecule has 0 aliphatic heterocycles. The van der Waals surface area contributed by atoms with Gasteiger partial charge >= 0.3 is 6.36 Å². The molecule has 2 rings (SSSR count). The van der Waals surface area contributed by atoms with E-state index in [2.05, 4.69) is 30.8 Å². The predicted octanol–water partition coefficient (Wildman–Crippen LogP) is 4.58. The third-order valence-corrected chi connectivity index (χ3v) is 4.83. The lowest BCUT2D eigenvalue weighted by Gasteiger charge is -2.18. The number of hydrogen-bond donors (Lipinski definition) is 2. The van der Waals surface area contributed by atoms with Crippen LogP contribution in [0.3, 0.4) is 0 Å². The minimum atomic E-state index is -5.01. The van der Waals surface area contributed by atoms with Crippen LogP contribution in [0, 0.1) is 0 Å². The molecule has 10 heteroatoms. The quantitative estimate of drug-likeness (QED) is 0.580. The number of amides is 1. The standard InChI is InChI=1S/C22H25F3N2O4S/c1-21(2,3)17-9-5-15(6-10-17)8-12-20(28)26-14-16-7-11-18(27-32(4,29)30)19(13-16)31-22(23,24)25/h5-13,27H,14H2,1-4H3,(H,26,28). The first-order chi connectivity index (χ1) is 14.6. The van der Waals surface area contributed by atoms with Crippen molar-refractivity contribution in [1.29, 1.82) is 0 Å². The maximum absolute atomic E-state index is 12.7. The zero-order valence-corrected chi connectivity index (χ0v) is 18.9. The largest absolute Gasteiger partial charge is 0.573 e. The first-order valence-electron chi connectivity index (χ1n) is 9.55. The van der Waals surface area contributed by atoms with Gasteiger partial charge in [0.1, 0.15) is 0 Å². The molecular formula is C22H25F3N2O4S. The van der Waals surface area contributed by atoms with Gasteiger partial charge in [-0.05, 0) is 40.3 Å². The maximum atomic E-state index is 12.7. The van der Waals surface area contributed by atoms with Gasteiger partial charge in [0.15, 0.2) is 5.75 Å². The molecule has 174 valence electrons. The van der Waals surface area contributed by atoms with Crippen LogP contribution in [0.5, 0.6) is 5.75 Å². The van der Waals surface area contributed by atoms with Crippen LogP contribution in [0.15, 0.2) is 48.5 Å². The Morgan fingerprint density at radius 1 is 1.06 bits per heavy atom. The van der Waals surface area contributed by atoms with Crippen LogP contribution < -0.4 is 14.8 Å². The molecule has 0 heterocycles. The zero-order chi connectivity index (χ0) is 24.2. The molecule has 0 saturated carbocycles. The summed E-state index contributed by atoms with van der Waals surface area (Å²) in [6.07, 6.45) is -1.26. The third-order valence-electron chi connectivity index (χ3n) is 4.24. The fraction of sp³-hybridized carbons (Fsp3) is 0.318. The van der Waals surface area contributed by atoms with Crippen molar-refractivity contribution in [2.24, 2.45) is 0 Å². The van der Waals surface area contributed by atoms with Crippen molar-refractivity contribution < 1.29 is 31.1 Å². The number of rotatable bonds is 7. The maximum Gasteiger partial charge on any atom is 0.573 e. The second-order valence-electron chi connectivity index (χ2n) is 8.18. The second-order valence-corrected chi connectivity index (χ2v) is 9.92. The van der Waals surface area contributed by atoms with Crippen molar-refractivity contribution in [2.45, 2.75) is 39.1 Å². The van der Waals surface area contributed by atoms with Gasteiger partial charge in [-0.1, -0.05) is 51.1 Å². The van der Waals surface area contributed by atoms with E-state index in [1.165, 1.54) is 12.1 Å². The van der Waals surface area contributed by atoms with E-state index in [-0.39, 0.29) is 17.6 Å². The molecule has 1 amide bonds. The van der Waals surface area contributed by atoms with Crippen LogP contribution in [-0.4, -0.2) is 26.9 Å². The number of sulfonamides is 1. The summed E-state index contributed by atoms with van der Waals surface area (Å²) in [4.78, 5) is 12.1. The Bertz CT molecular complexity index is 1090. The third kappa shape index (κ3) is 8.62. The molecule has 32 heavy (non-hydrogen) atoms. The summed E-state index contributed by atoms with van der Waals surface area (Å²) in [6, 6.07) is 11.3. The van der Waals surface area contributed by atoms with Gasteiger partial charge < -0.3 is 10.1 Å². The van der Waals surface area contributed by atoms with Gasteiger partial charge in [0.2, 0.25) is 15.9 Å². The van der Waals surface area contributed by atoms with E-state index in [0.717, 1.165) is 29.5 Å². The van der Waals surface area contributed by atoms with Crippen molar-refractivity contribution in [3.8, 4) is 5.75 Å². The van der Waals surface area contributed by atoms with E-state index >= 15 is 0 Å². The Labute approximate surface area is 185 Å². The Kier molecular flexibility index (Phi) is 7.61. The van der Waals surface area contributed by atoms with Gasteiger partial charge in [-0.25, -0.2) is 8.42 Å². The predicted molar refractivity (Wildman–Crippen MR) is 118 cm³/mol. The Hall–Kier alpha value is -3.01. The summed E-state index contributed by atoms with van der Waals surface area (Å²) in [6.45, 7) is 6.21. The molecule has 6 nitrogen and oxygen atoms in total. The monoisotopic (exact) mass is 470 g/mol. The average molecular weight is 471 g/mol. The number of nitrogens with one attached hydrogen (secondary N) is 2. The minimum Gasteiger partial charge on any atom is -0.404 e. The van der Waals surface area contributed by atoms with E-state index in [1.54, 1.807) is 6.08 Å². The van der Waals surface area contributed by atoms with Crippen LogP contribution in [0.1, 0.15) is 37.5 Å². The Balaban J connectivity index is 2.06. The molecule has 0 fully saturated rings. The van der Waals surface area contributed by atoms with Crippen LogP contribution in [-0.2, 0) is 26.8 Å². The van der Waals surface area contributed by atoms with Gasteiger partial charge in [-0.2, -0.15) is 0 Å². The molecule has 0 unspecified atom stereocenters. The highest BCUT2D eigenvalue weighted by Gasteiger charge is 2.32. The van der Waals surface area contributed by atoms with E-state index in [4.69, 9.17) is 0 Å². The summed E-state index contributed by atoms with van der Waals surface area (Å²) < 4.78 is 66.6. The molecule has 0 aliphatic rings. The molecule has 0 radical (unpaired) electrons. The molecule has 2 aromatic rings. The molecular weight excluding hydrogens is 445 g/mol. The van der Waals surface area contributed by atoms with Crippen LogP contribution in [0.25, 0.3) is 6.08 Å². The van der Waals surface area contributed by atoms with Crippen molar-refractivity contribution in [2.75, 3.05) is 11.0 Å². The SMILES string of the molecule is CC(C)(C)c1ccc(C=CC(=O)NCc2ccc(NS(C)(=O)=O)c(OC(F)(F)F)c2)cc1. The molecule has 2 aromatic carbocycles.